The molecule has 0 amide bonds. The molecule has 3 nitrogen and oxygen atoms in total. The van der Waals surface area contributed by atoms with E-state index in [0.29, 0.717) is 6.61 Å². The third kappa shape index (κ3) is 4.14. The van der Waals surface area contributed by atoms with Crippen molar-refractivity contribution in [1.29, 1.82) is 0 Å². The van der Waals surface area contributed by atoms with Crippen LogP contribution in [0.3, 0.4) is 0 Å². The van der Waals surface area contributed by atoms with Gasteiger partial charge in [0.15, 0.2) is 0 Å². The van der Waals surface area contributed by atoms with Crippen LogP contribution in [0.25, 0.3) is 0 Å². The second kappa shape index (κ2) is 7.78. The number of hydrogen-bond acceptors (Lipinski definition) is 3. The maximum Gasteiger partial charge on any atom is 0.0491 e. The van der Waals surface area contributed by atoms with Crippen LogP contribution in [0.15, 0.2) is 30.3 Å². The summed E-state index contributed by atoms with van der Waals surface area (Å²) >= 11 is 0. The highest BCUT2D eigenvalue weighted by atomic mass is 16.3. The molecule has 2 saturated heterocycles. The number of rotatable bonds is 5. The number of aliphatic hydroxyl groups is 1. The van der Waals surface area contributed by atoms with Crippen LogP contribution in [0, 0.1) is 5.41 Å². The Balaban J connectivity index is 1.57. The average molecular weight is 316 g/mol. The SMILES string of the molecule is CCN1CCCC(N2CCC(CO)(Cc3ccccc3)CC2)C1. The highest BCUT2D eigenvalue weighted by Gasteiger charge is 2.36. The van der Waals surface area contributed by atoms with E-state index in [2.05, 4.69) is 47.1 Å². The molecule has 0 radical (unpaired) electrons. The first-order valence-electron chi connectivity index (χ1n) is 9.36. The first-order valence-corrected chi connectivity index (χ1v) is 9.36. The van der Waals surface area contributed by atoms with Crippen LogP contribution in [0.2, 0.25) is 0 Å². The highest BCUT2D eigenvalue weighted by Crippen LogP contribution is 2.36. The molecule has 0 spiro atoms. The van der Waals surface area contributed by atoms with E-state index in [1.54, 1.807) is 0 Å². The van der Waals surface area contributed by atoms with E-state index >= 15 is 0 Å². The lowest BCUT2D eigenvalue weighted by molar-refractivity contribution is 0.00970. The molecule has 2 aliphatic rings. The quantitative estimate of drug-likeness (QED) is 0.905. The summed E-state index contributed by atoms with van der Waals surface area (Å²) in [5.41, 5.74) is 1.46. The Hall–Kier alpha value is -0.900. The number of likely N-dealkylation sites (tertiary alicyclic amines) is 2. The molecule has 1 aromatic carbocycles. The smallest absolute Gasteiger partial charge is 0.0491 e. The molecule has 23 heavy (non-hydrogen) atoms. The van der Waals surface area contributed by atoms with Crippen LogP contribution in [0.1, 0.15) is 38.2 Å². The van der Waals surface area contributed by atoms with Crippen molar-refractivity contribution in [2.24, 2.45) is 5.41 Å². The van der Waals surface area contributed by atoms with Gasteiger partial charge in [-0.15, -0.1) is 0 Å². The van der Waals surface area contributed by atoms with Gasteiger partial charge in [-0.25, -0.2) is 0 Å². The zero-order valence-corrected chi connectivity index (χ0v) is 14.6. The lowest BCUT2D eigenvalue weighted by atomic mass is 9.74. The summed E-state index contributed by atoms with van der Waals surface area (Å²) in [5, 5.41) is 10.1. The first-order chi connectivity index (χ1) is 11.2. The van der Waals surface area contributed by atoms with E-state index in [1.165, 1.54) is 38.0 Å². The van der Waals surface area contributed by atoms with Crippen LogP contribution in [0.4, 0.5) is 0 Å². The molecule has 1 atom stereocenters. The van der Waals surface area contributed by atoms with Crippen LogP contribution in [-0.4, -0.2) is 60.3 Å². The molecule has 0 aromatic heterocycles. The predicted molar refractivity (Wildman–Crippen MR) is 95.6 cm³/mol. The fourth-order valence-electron chi connectivity index (χ4n) is 4.40. The molecule has 1 unspecified atom stereocenters. The minimum absolute atomic E-state index is 0.0942. The van der Waals surface area contributed by atoms with Gasteiger partial charge in [-0.3, -0.25) is 4.90 Å². The average Bonchev–Trinajstić information content (AvgIpc) is 2.63. The molecule has 3 heteroatoms. The first kappa shape index (κ1) is 16.9. The van der Waals surface area contributed by atoms with Crippen molar-refractivity contribution in [2.75, 3.05) is 39.3 Å². The van der Waals surface area contributed by atoms with Gasteiger partial charge in [-0.2, -0.15) is 0 Å². The standard InChI is InChI=1S/C20H32N2O/c1-2-21-12-6-9-19(16-21)22-13-10-20(17-23,11-14-22)15-18-7-4-3-5-8-18/h3-5,7-8,19,23H,2,6,9-17H2,1H3. The number of nitrogens with zero attached hydrogens (tertiary/aromatic N) is 2. The van der Waals surface area contributed by atoms with Gasteiger partial charge in [0.1, 0.15) is 0 Å². The van der Waals surface area contributed by atoms with Crippen molar-refractivity contribution in [3.8, 4) is 0 Å². The lowest BCUT2D eigenvalue weighted by Gasteiger charge is -2.46. The van der Waals surface area contributed by atoms with Crippen molar-refractivity contribution in [1.82, 2.24) is 9.80 Å². The third-order valence-electron chi connectivity index (χ3n) is 6.06. The minimum atomic E-state index is 0.0942. The number of likely N-dealkylation sites (N-methyl/N-ethyl adjacent to an activating group) is 1. The van der Waals surface area contributed by atoms with Crippen molar-refractivity contribution >= 4 is 0 Å². The van der Waals surface area contributed by atoms with Gasteiger partial charge < -0.3 is 10.0 Å². The Labute approximate surface area is 141 Å². The second-order valence-electron chi connectivity index (χ2n) is 7.55. The molecule has 0 aliphatic carbocycles. The topological polar surface area (TPSA) is 26.7 Å². The fourth-order valence-corrected chi connectivity index (χ4v) is 4.40. The Morgan fingerprint density at radius 2 is 1.87 bits per heavy atom. The summed E-state index contributed by atoms with van der Waals surface area (Å²) in [6.45, 7) is 8.58. The Morgan fingerprint density at radius 3 is 2.52 bits per heavy atom. The molecule has 0 saturated carbocycles. The predicted octanol–water partition coefficient (Wildman–Crippen LogP) is 2.79. The van der Waals surface area contributed by atoms with Crippen LogP contribution in [0.5, 0.6) is 0 Å². The molecular formula is C20H32N2O. The summed E-state index contributed by atoms with van der Waals surface area (Å²) in [6.07, 6.45) is 5.96. The van der Waals surface area contributed by atoms with E-state index < -0.39 is 0 Å². The summed E-state index contributed by atoms with van der Waals surface area (Å²) in [4.78, 5) is 5.28. The molecule has 2 heterocycles. The van der Waals surface area contributed by atoms with Gasteiger partial charge in [0, 0.05) is 19.2 Å². The van der Waals surface area contributed by atoms with Crippen molar-refractivity contribution in [3.05, 3.63) is 35.9 Å². The fraction of sp³-hybridized carbons (Fsp3) is 0.700. The number of benzene rings is 1. The van der Waals surface area contributed by atoms with E-state index in [1.807, 2.05) is 0 Å². The Bertz CT molecular complexity index is 468. The molecular weight excluding hydrogens is 284 g/mol. The summed E-state index contributed by atoms with van der Waals surface area (Å²) in [5.74, 6) is 0. The van der Waals surface area contributed by atoms with E-state index in [4.69, 9.17) is 0 Å². The molecule has 2 aliphatic heterocycles. The second-order valence-corrected chi connectivity index (χ2v) is 7.55. The van der Waals surface area contributed by atoms with Crippen LogP contribution >= 0.6 is 0 Å². The molecule has 128 valence electrons. The third-order valence-corrected chi connectivity index (χ3v) is 6.06. The van der Waals surface area contributed by atoms with E-state index in [9.17, 15) is 5.11 Å². The van der Waals surface area contributed by atoms with Gasteiger partial charge in [0.05, 0.1) is 0 Å². The van der Waals surface area contributed by atoms with Gasteiger partial charge >= 0.3 is 0 Å². The van der Waals surface area contributed by atoms with Crippen LogP contribution < -0.4 is 0 Å². The Morgan fingerprint density at radius 1 is 1.13 bits per heavy atom. The van der Waals surface area contributed by atoms with Gasteiger partial charge in [-0.05, 0) is 69.3 Å². The monoisotopic (exact) mass is 316 g/mol. The molecule has 1 N–H and O–H groups in total. The van der Waals surface area contributed by atoms with Gasteiger partial charge in [0.2, 0.25) is 0 Å². The highest BCUT2D eigenvalue weighted by molar-refractivity contribution is 5.17. The van der Waals surface area contributed by atoms with E-state index in [0.717, 1.165) is 38.4 Å². The summed E-state index contributed by atoms with van der Waals surface area (Å²) in [6, 6.07) is 11.4. The molecule has 2 fully saturated rings. The van der Waals surface area contributed by atoms with Crippen molar-refractivity contribution in [2.45, 2.75) is 45.1 Å². The van der Waals surface area contributed by atoms with E-state index in [-0.39, 0.29) is 5.41 Å². The number of aliphatic hydroxyl groups excluding tert-OH is 1. The summed E-state index contributed by atoms with van der Waals surface area (Å²) in [7, 11) is 0. The zero-order valence-electron chi connectivity index (χ0n) is 14.6. The van der Waals surface area contributed by atoms with Crippen molar-refractivity contribution < 1.29 is 5.11 Å². The zero-order chi connectivity index (χ0) is 16.1. The van der Waals surface area contributed by atoms with Crippen LogP contribution in [-0.2, 0) is 6.42 Å². The van der Waals surface area contributed by atoms with Gasteiger partial charge in [-0.1, -0.05) is 37.3 Å². The number of piperidine rings is 2. The largest absolute Gasteiger partial charge is 0.396 e. The maximum atomic E-state index is 10.1. The normalized spacial score (nSPS) is 26.3. The van der Waals surface area contributed by atoms with Crippen molar-refractivity contribution in [3.63, 3.8) is 0 Å². The number of hydrogen-bond donors (Lipinski definition) is 1. The summed E-state index contributed by atoms with van der Waals surface area (Å²) < 4.78 is 0. The maximum absolute atomic E-state index is 10.1. The molecule has 3 rings (SSSR count). The van der Waals surface area contributed by atoms with Gasteiger partial charge in [0.25, 0.3) is 0 Å². The lowest BCUT2D eigenvalue weighted by Crippen LogP contribution is -2.52. The Kier molecular flexibility index (Phi) is 5.73. The molecule has 1 aromatic rings. The minimum Gasteiger partial charge on any atom is -0.396 e. The molecule has 0 bridgehead atoms.